The highest BCUT2D eigenvalue weighted by molar-refractivity contribution is 6.80. The Morgan fingerprint density at radius 2 is 1.36 bits per heavy atom. The summed E-state index contributed by atoms with van der Waals surface area (Å²) >= 11 is 0. The summed E-state index contributed by atoms with van der Waals surface area (Å²) in [6.07, 6.45) is 10.3. The third-order valence-corrected chi connectivity index (χ3v) is 2.31. The zero-order valence-corrected chi connectivity index (χ0v) is 8.96. The van der Waals surface area contributed by atoms with Gasteiger partial charge in [0.25, 0.3) is 0 Å². The average molecular weight is 166 g/mol. The number of rotatable bonds is 3. The van der Waals surface area contributed by atoms with Gasteiger partial charge in [-0.3, -0.25) is 0 Å². The van der Waals surface area contributed by atoms with Crippen molar-refractivity contribution in [2.75, 3.05) is 0 Å². The minimum atomic E-state index is -0.973. The van der Waals surface area contributed by atoms with Gasteiger partial charge in [-0.25, -0.2) is 0 Å². The number of hydrogen-bond acceptors (Lipinski definition) is 0. The SMILES string of the molecule is C/C=C/C=C/C=C/[Si](C)(C)C. The molecule has 62 valence electrons. The Morgan fingerprint density at radius 1 is 0.818 bits per heavy atom. The molecule has 0 atom stereocenters. The first-order valence-corrected chi connectivity index (χ1v) is 7.61. The molecule has 0 aliphatic heterocycles. The van der Waals surface area contributed by atoms with Crippen molar-refractivity contribution in [3.8, 4) is 0 Å². The van der Waals surface area contributed by atoms with Crippen molar-refractivity contribution in [2.24, 2.45) is 0 Å². The molecular weight excluding hydrogens is 148 g/mol. The molecule has 1 heteroatoms. The van der Waals surface area contributed by atoms with Gasteiger partial charge in [0.1, 0.15) is 0 Å². The quantitative estimate of drug-likeness (QED) is 0.444. The molecule has 0 aromatic carbocycles. The van der Waals surface area contributed by atoms with Gasteiger partial charge in [0.2, 0.25) is 0 Å². The van der Waals surface area contributed by atoms with Gasteiger partial charge in [0, 0.05) is 0 Å². The van der Waals surface area contributed by atoms with E-state index in [1.807, 2.05) is 19.1 Å². The minimum Gasteiger partial charge on any atom is -0.0950 e. The van der Waals surface area contributed by atoms with E-state index in [1.165, 1.54) is 0 Å². The van der Waals surface area contributed by atoms with Crippen molar-refractivity contribution in [1.29, 1.82) is 0 Å². The Bertz CT molecular complexity index is 168. The van der Waals surface area contributed by atoms with E-state index >= 15 is 0 Å². The molecule has 0 amide bonds. The predicted molar refractivity (Wildman–Crippen MR) is 56.4 cm³/mol. The molecule has 0 aromatic rings. The Labute approximate surface area is 71.3 Å². The fraction of sp³-hybridized carbons (Fsp3) is 0.400. The largest absolute Gasteiger partial charge is 0.0950 e. The molecule has 0 unspecified atom stereocenters. The van der Waals surface area contributed by atoms with Crippen LogP contribution in [0.15, 0.2) is 36.1 Å². The highest BCUT2D eigenvalue weighted by Gasteiger charge is 2.05. The molecule has 0 saturated heterocycles. The molecule has 0 heterocycles. The van der Waals surface area contributed by atoms with Crippen LogP contribution in [0.3, 0.4) is 0 Å². The van der Waals surface area contributed by atoms with E-state index in [1.54, 1.807) is 0 Å². The maximum absolute atomic E-state index is 2.33. The van der Waals surface area contributed by atoms with Gasteiger partial charge in [0.05, 0.1) is 8.07 Å². The van der Waals surface area contributed by atoms with Gasteiger partial charge in [-0.15, -0.1) is 0 Å². The van der Waals surface area contributed by atoms with E-state index in [9.17, 15) is 0 Å². The highest BCUT2D eigenvalue weighted by Crippen LogP contribution is 2.01. The van der Waals surface area contributed by atoms with Crippen molar-refractivity contribution in [3.63, 3.8) is 0 Å². The van der Waals surface area contributed by atoms with Crippen LogP contribution < -0.4 is 0 Å². The minimum absolute atomic E-state index is 0.973. The molecule has 0 spiro atoms. The van der Waals surface area contributed by atoms with Gasteiger partial charge in [-0.2, -0.15) is 0 Å². The van der Waals surface area contributed by atoms with Crippen LogP contribution in [0.25, 0.3) is 0 Å². The molecule has 0 aromatic heterocycles. The van der Waals surface area contributed by atoms with Crippen LogP contribution >= 0.6 is 0 Å². The lowest BCUT2D eigenvalue weighted by atomic mass is 10.4. The maximum Gasteiger partial charge on any atom is 0.0687 e. The fourth-order valence-corrected chi connectivity index (χ4v) is 1.27. The topological polar surface area (TPSA) is 0 Å². The normalized spacial score (nSPS) is 14.2. The van der Waals surface area contributed by atoms with Gasteiger partial charge < -0.3 is 0 Å². The molecule has 0 rings (SSSR count). The van der Waals surface area contributed by atoms with E-state index in [0.717, 1.165) is 0 Å². The van der Waals surface area contributed by atoms with Crippen molar-refractivity contribution >= 4 is 8.07 Å². The van der Waals surface area contributed by atoms with Crippen LogP contribution in [0.2, 0.25) is 19.6 Å². The fourth-order valence-electron chi connectivity index (χ4n) is 0.584. The Morgan fingerprint density at radius 3 is 1.82 bits per heavy atom. The molecule has 0 N–H and O–H groups in total. The molecular formula is C10H18Si. The highest BCUT2D eigenvalue weighted by atomic mass is 28.3. The second-order valence-electron chi connectivity index (χ2n) is 3.64. The summed E-state index contributed by atoms with van der Waals surface area (Å²) in [4.78, 5) is 0. The Balaban J connectivity index is 3.78. The van der Waals surface area contributed by atoms with Gasteiger partial charge in [0.15, 0.2) is 0 Å². The maximum atomic E-state index is 2.33. The summed E-state index contributed by atoms with van der Waals surface area (Å²) in [6.45, 7) is 9.00. The number of hydrogen-bond donors (Lipinski definition) is 0. The van der Waals surface area contributed by atoms with Crippen molar-refractivity contribution < 1.29 is 0 Å². The lowest BCUT2D eigenvalue weighted by Crippen LogP contribution is -2.14. The molecule has 0 radical (unpaired) electrons. The van der Waals surface area contributed by atoms with E-state index in [0.29, 0.717) is 0 Å². The number of allylic oxidation sites excluding steroid dienone is 5. The van der Waals surface area contributed by atoms with Crippen LogP contribution in [0.5, 0.6) is 0 Å². The molecule has 0 aliphatic carbocycles. The summed E-state index contributed by atoms with van der Waals surface area (Å²) in [5.74, 6) is 0. The summed E-state index contributed by atoms with van der Waals surface area (Å²) in [5.41, 5.74) is 2.33. The smallest absolute Gasteiger partial charge is 0.0687 e. The van der Waals surface area contributed by atoms with Crippen LogP contribution in [0, 0.1) is 0 Å². The van der Waals surface area contributed by atoms with Crippen LogP contribution in [-0.2, 0) is 0 Å². The summed E-state index contributed by atoms with van der Waals surface area (Å²) in [7, 11) is -0.973. The second-order valence-corrected chi connectivity index (χ2v) is 8.70. The van der Waals surface area contributed by atoms with Crippen molar-refractivity contribution in [2.45, 2.75) is 26.6 Å². The molecule has 0 saturated carbocycles. The summed E-state index contributed by atoms with van der Waals surface area (Å²) in [6, 6.07) is 0. The van der Waals surface area contributed by atoms with Crippen LogP contribution in [0.1, 0.15) is 6.92 Å². The van der Waals surface area contributed by atoms with E-state index in [4.69, 9.17) is 0 Å². The first kappa shape index (κ1) is 10.4. The van der Waals surface area contributed by atoms with Crippen molar-refractivity contribution in [3.05, 3.63) is 36.1 Å². The Kier molecular flexibility index (Phi) is 4.87. The molecule has 0 nitrogen and oxygen atoms in total. The zero-order chi connectivity index (χ0) is 8.74. The van der Waals surface area contributed by atoms with Gasteiger partial charge >= 0.3 is 0 Å². The predicted octanol–water partition coefficient (Wildman–Crippen LogP) is 3.55. The van der Waals surface area contributed by atoms with E-state index < -0.39 is 8.07 Å². The first-order valence-electron chi connectivity index (χ1n) is 4.03. The van der Waals surface area contributed by atoms with E-state index in [-0.39, 0.29) is 0 Å². The van der Waals surface area contributed by atoms with Gasteiger partial charge in [-0.1, -0.05) is 55.7 Å². The monoisotopic (exact) mass is 166 g/mol. The summed E-state index contributed by atoms with van der Waals surface area (Å²) in [5, 5.41) is 0. The standard InChI is InChI=1S/C10H18Si/c1-5-6-7-8-9-10-11(2,3)4/h5-10H,1-4H3/b6-5+,8-7+,10-9+. The lowest BCUT2D eigenvalue weighted by Gasteiger charge is -2.06. The van der Waals surface area contributed by atoms with Crippen LogP contribution in [-0.4, -0.2) is 8.07 Å². The second kappa shape index (κ2) is 5.14. The van der Waals surface area contributed by atoms with E-state index in [2.05, 4.69) is 43.6 Å². The Hall–Kier alpha value is -0.563. The third-order valence-electron chi connectivity index (χ3n) is 1.12. The molecule has 0 aliphatic rings. The average Bonchev–Trinajstić information content (AvgIpc) is 1.85. The van der Waals surface area contributed by atoms with Gasteiger partial charge in [-0.05, 0) is 6.92 Å². The molecule has 0 bridgehead atoms. The molecule has 11 heavy (non-hydrogen) atoms. The van der Waals surface area contributed by atoms with Crippen molar-refractivity contribution in [1.82, 2.24) is 0 Å². The molecule has 0 fully saturated rings. The third kappa shape index (κ3) is 9.44. The first-order chi connectivity index (χ1) is 5.06. The lowest BCUT2D eigenvalue weighted by molar-refractivity contribution is 1.72. The summed E-state index contributed by atoms with van der Waals surface area (Å²) < 4.78 is 0. The van der Waals surface area contributed by atoms with Crippen LogP contribution in [0.4, 0.5) is 0 Å². The zero-order valence-electron chi connectivity index (χ0n) is 7.96.